The van der Waals surface area contributed by atoms with Crippen molar-refractivity contribution in [2.45, 2.75) is 39.3 Å². The highest BCUT2D eigenvalue weighted by atomic mass is 79.9. The number of halogens is 1. The van der Waals surface area contributed by atoms with Gasteiger partial charge >= 0.3 is 0 Å². The van der Waals surface area contributed by atoms with E-state index in [1.807, 2.05) is 0 Å². The standard InChI is InChI=1S/C10H16BrN3/c1-10(2,3)14-9(11)7-4-5-12-6-8(7)13-14/h12H,4-6H2,1-3H3. The van der Waals surface area contributed by atoms with Crippen LogP contribution in [0.3, 0.4) is 0 Å². The molecule has 4 heteroatoms. The summed E-state index contributed by atoms with van der Waals surface area (Å²) in [6, 6.07) is 0. The van der Waals surface area contributed by atoms with E-state index in [4.69, 9.17) is 0 Å². The Morgan fingerprint density at radius 3 is 2.71 bits per heavy atom. The van der Waals surface area contributed by atoms with E-state index in [0.29, 0.717) is 0 Å². The Balaban J connectivity index is 2.49. The third kappa shape index (κ3) is 1.61. The number of hydrogen-bond donors (Lipinski definition) is 1. The van der Waals surface area contributed by atoms with Gasteiger partial charge in [-0.1, -0.05) is 0 Å². The van der Waals surface area contributed by atoms with E-state index in [1.54, 1.807) is 0 Å². The molecule has 1 N–H and O–H groups in total. The number of fused-ring (bicyclic) bond motifs is 1. The first kappa shape index (κ1) is 10.2. The van der Waals surface area contributed by atoms with Crippen LogP contribution >= 0.6 is 15.9 Å². The van der Waals surface area contributed by atoms with Gasteiger partial charge in [0.25, 0.3) is 0 Å². The summed E-state index contributed by atoms with van der Waals surface area (Å²) >= 11 is 3.65. The topological polar surface area (TPSA) is 29.9 Å². The lowest BCUT2D eigenvalue weighted by atomic mass is 10.1. The molecule has 2 heterocycles. The van der Waals surface area contributed by atoms with Crippen molar-refractivity contribution in [1.29, 1.82) is 0 Å². The summed E-state index contributed by atoms with van der Waals surface area (Å²) < 4.78 is 3.23. The Kier molecular flexibility index (Phi) is 2.43. The largest absolute Gasteiger partial charge is 0.311 e. The molecule has 0 saturated carbocycles. The minimum atomic E-state index is 0.0518. The van der Waals surface area contributed by atoms with Gasteiger partial charge in [0.15, 0.2) is 0 Å². The molecule has 0 atom stereocenters. The zero-order valence-electron chi connectivity index (χ0n) is 8.89. The Labute approximate surface area is 93.0 Å². The number of aromatic nitrogens is 2. The average Bonchev–Trinajstić information content (AvgIpc) is 2.44. The minimum Gasteiger partial charge on any atom is -0.311 e. The van der Waals surface area contributed by atoms with Crippen LogP contribution in [-0.2, 0) is 18.5 Å². The fraction of sp³-hybridized carbons (Fsp3) is 0.700. The molecule has 1 aliphatic heterocycles. The van der Waals surface area contributed by atoms with E-state index in [-0.39, 0.29) is 5.54 Å². The maximum Gasteiger partial charge on any atom is 0.108 e. The zero-order chi connectivity index (χ0) is 10.3. The first-order valence-electron chi connectivity index (χ1n) is 4.97. The lowest BCUT2D eigenvalue weighted by Crippen LogP contribution is -2.24. The third-order valence-corrected chi connectivity index (χ3v) is 3.30. The highest BCUT2D eigenvalue weighted by molar-refractivity contribution is 9.10. The highest BCUT2D eigenvalue weighted by Crippen LogP contribution is 2.28. The molecule has 78 valence electrons. The van der Waals surface area contributed by atoms with Gasteiger partial charge in [-0.15, -0.1) is 0 Å². The molecule has 0 saturated heterocycles. The van der Waals surface area contributed by atoms with Crippen LogP contribution < -0.4 is 5.32 Å². The van der Waals surface area contributed by atoms with Gasteiger partial charge in [0.2, 0.25) is 0 Å². The number of hydrogen-bond acceptors (Lipinski definition) is 2. The SMILES string of the molecule is CC(C)(C)n1nc2c(c1Br)CCNC2. The summed E-state index contributed by atoms with van der Waals surface area (Å²) in [5, 5.41) is 7.97. The summed E-state index contributed by atoms with van der Waals surface area (Å²) in [5.41, 5.74) is 2.62. The fourth-order valence-corrected chi connectivity index (χ4v) is 2.76. The molecule has 0 bridgehead atoms. The Hall–Kier alpha value is -0.350. The molecule has 1 aliphatic rings. The van der Waals surface area contributed by atoms with Crippen LogP contribution in [0.5, 0.6) is 0 Å². The van der Waals surface area contributed by atoms with Crippen LogP contribution in [0.2, 0.25) is 0 Å². The van der Waals surface area contributed by atoms with Gasteiger partial charge in [0.05, 0.1) is 11.2 Å². The van der Waals surface area contributed by atoms with Crippen molar-refractivity contribution in [1.82, 2.24) is 15.1 Å². The summed E-state index contributed by atoms with van der Waals surface area (Å²) in [4.78, 5) is 0. The van der Waals surface area contributed by atoms with Crippen molar-refractivity contribution < 1.29 is 0 Å². The predicted molar refractivity (Wildman–Crippen MR) is 60.3 cm³/mol. The number of rotatable bonds is 0. The summed E-state index contributed by atoms with van der Waals surface area (Å²) in [5.74, 6) is 0. The molecule has 0 unspecified atom stereocenters. The third-order valence-electron chi connectivity index (χ3n) is 2.48. The molecule has 0 amide bonds. The minimum absolute atomic E-state index is 0.0518. The lowest BCUT2D eigenvalue weighted by Gasteiger charge is -2.20. The first-order valence-corrected chi connectivity index (χ1v) is 5.77. The Bertz CT molecular complexity index is 349. The molecular weight excluding hydrogens is 242 g/mol. The maximum atomic E-state index is 4.63. The Morgan fingerprint density at radius 1 is 1.43 bits per heavy atom. The molecule has 3 nitrogen and oxygen atoms in total. The molecule has 0 spiro atoms. The fourth-order valence-electron chi connectivity index (χ4n) is 1.73. The molecule has 0 aromatic carbocycles. The number of nitrogens with zero attached hydrogens (tertiary/aromatic N) is 2. The van der Waals surface area contributed by atoms with E-state index in [2.05, 4.69) is 51.8 Å². The van der Waals surface area contributed by atoms with Crippen molar-refractivity contribution >= 4 is 15.9 Å². The van der Waals surface area contributed by atoms with E-state index in [1.165, 1.54) is 11.3 Å². The second-order valence-corrected chi connectivity index (χ2v) is 5.48. The van der Waals surface area contributed by atoms with Crippen LogP contribution in [0.25, 0.3) is 0 Å². The molecule has 14 heavy (non-hydrogen) atoms. The molecular formula is C10H16BrN3. The molecule has 0 radical (unpaired) electrons. The predicted octanol–water partition coefficient (Wildman–Crippen LogP) is 2.05. The van der Waals surface area contributed by atoms with Crippen LogP contribution in [0, 0.1) is 0 Å². The van der Waals surface area contributed by atoms with Crippen molar-refractivity contribution in [3.8, 4) is 0 Å². The van der Waals surface area contributed by atoms with Crippen molar-refractivity contribution in [2.75, 3.05) is 6.54 Å². The van der Waals surface area contributed by atoms with Gasteiger partial charge in [-0.2, -0.15) is 5.10 Å². The Morgan fingerprint density at radius 2 is 2.14 bits per heavy atom. The monoisotopic (exact) mass is 257 g/mol. The van der Waals surface area contributed by atoms with Gasteiger partial charge in [-0.05, 0) is 49.7 Å². The lowest BCUT2D eigenvalue weighted by molar-refractivity contribution is 0.346. The maximum absolute atomic E-state index is 4.63. The smallest absolute Gasteiger partial charge is 0.108 e. The summed E-state index contributed by atoms with van der Waals surface area (Å²) in [6.45, 7) is 8.47. The van der Waals surface area contributed by atoms with Crippen LogP contribution in [-0.4, -0.2) is 16.3 Å². The summed E-state index contributed by atoms with van der Waals surface area (Å²) in [7, 11) is 0. The zero-order valence-corrected chi connectivity index (χ0v) is 10.5. The second-order valence-electron chi connectivity index (χ2n) is 4.73. The van der Waals surface area contributed by atoms with Gasteiger partial charge in [-0.25, -0.2) is 0 Å². The quantitative estimate of drug-likeness (QED) is 0.771. The van der Waals surface area contributed by atoms with E-state index >= 15 is 0 Å². The van der Waals surface area contributed by atoms with Crippen LogP contribution in [0.15, 0.2) is 4.60 Å². The molecule has 1 aromatic rings. The molecule has 2 rings (SSSR count). The van der Waals surface area contributed by atoms with E-state index in [0.717, 1.165) is 24.1 Å². The summed E-state index contributed by atoms with van der Waals surface area (Å²) in [6.07, 6.45) is 1.08. The van der Waals surface area contributed by atoms with Gasteiger partial charge in [-0.3, -0.25) is 4.68 Å². The molecule has 0 fully saturated rings. The second kappa shape index (κ2) is 3.35. The van der Waals surface area contributed by atoms with Crippen molar-refractivity contribution in [2.24, 2.45) is 0 Å². The normalized spacial score (nSPS) is 16.9. The van der Waals surface area contributed by atoms with Gasteiger partial charge in [0, 0.05) is 12.1 Å². The van der Waals surface area contributed by atoms with Crippen LogP contribution in [0.4, 0.5) is 0 Å². The average molecular weight is 258 g/mol. The molecule has 0 aliphatic carbocycles. The van der Waals surface area contributed by atoms with E-state index in [9.17, 15) is 0 Å². The van der Waals surface area contributed by atoms with Crippen molar-refractivity contribution in [3.63, 3.8) is 0 Å². The van der Waals surface area contributed by atoms with Crippen LogP contribution in [0.1, 0.15) is 32.0 Å². The molecule has 1 aromatic heterocycles. The van der Waals surface area contributed by atoms with Gasteiger partial charge in [0.1, 0.15) is 4.60 Å². The highest BCUT2D eigenvalue weighted by Gasteiger charge is 2.24. The number of nitrogens with one attached hydrogen (secondary N) is 1. The van der Waals surface area contributed by atoms with Gasteiger partial charge < -0.3 is 5.32 Å². The first-order chi connectivity index (χ1) is 6.50. The van der Waals surface area contributed by atoms with Crippen molar-refractivity contribution in [3.05, 3.63) is 15.9 Å². The van der Waals surface area contributed by atoms with E-state index < -0.39 is 0 Å².